The smallest absolute Gasteiger partial charge is 0.0125 e. The second-order valence-corrected chi connectivity index (χ2v) is 5.13. The van der Waals surface area contributed by atoms with Crippen LogP contribution < -0.4 is 0 Å². The van der Waals surface area contributed by atoms with Gasteiger partial charge in [-0.1, -0.05) is 27.2 Å². The molecule has 0 N–H and O–H groups in total. The van der Waals surface area contributed by atoms with E-state index in [9.17, 15) is 0 Å². The molecule has 0 rings (SSSR count). The quantitative estimate of drug-likeness (QED) is 0.633. The Kier molecular flexibility index (Phi) is 5.62. The molecule has 0 saturated heterocycles. The third-order valence-corrected chi connectivity index (χ3v) is 2.67. The summed E-state index contributed by atoms with van der Waals surface area (Å²) in [5, 5.41) is 0. The second-order valence-electron chi connectivity index (χ2n) is 5.13. The standard InChI is InChI=1S/C12H27N/c1-7-9-13(12(4,5)6)10-11(3)8-2/h11H,7-10H2,1-6H3. The zero-order valence-corrected chi connectivity index (χ0v) is 10.4. The lowest BCUT2D eigenvalue weighted by Gasteiger charge is -2.37. The van der Waals surface area contributed by atoms with Crippen LogP contribution in [0.15, 0.2) is 0 Å². The number of hydrogen-bond acceptors (Lipinski definition) is 1. The van der Waals surface area contributed by atoms with Crippen LogP contribution in [0.4, 0.5) is 0 Å². The fraction of sp³-hybridized carbons (Fsp3) is 1.00. The van der Waals surface area contributed by atoms with Crippen LogP contribution in [0.5, 0.6) is 0 Å². The van der Waals surface area contributed by atoms with Crippen molar-refractivity contribution in [3.63, 3.8) is 0 Å². The molecule has 0 amide bonds. The molecular weight excluding hydrogens is 158 g/mol. The molecule has 0 aliphatic heterocycles. The average molecular weight is 185 g/mol. The minimum Gasteiger partial charge on any atom is -0.298 e. The van der Waals surface area contributed by atoms with Crippen LogP contribution in [0.2, 0.25) is 0 Å². The Hall–Kier alpha value is -0.0400. The van der Waals surface area contributed by atoms with Gasteiger partial charge in [-0.15, -0.1) is 0 Å². The van der Waals surface area contributed by atoms with E-state index in [1.54, 1.807) is 0 Å². The van der Waals surface area contributed by atoms with Gasteiger partial charge in [0.1, 0.15) is 0 Å². The first-order valence-corrected chi connectivity index (χ1v) is 5.66. The van der Waals surface area contributed by atoms with E-state index in [1.807, 2.05) is 0 Å². The molecular formula is C12H27N. The maximum atomic E-state index is 2.60. The van der Waals surface area contributed by atoms with E-state index < -0.39 is 0 Å². The Bertz CT molecular complexity index is 124. The van der Waals surface area contributed by atoms with Crippen LogP contribution >= 0.6 is 0 Å². The summed E-state index contributed by atoms with van der Waals surface area (Å²) in [7, 11) is 0. The summed E-state index contributed by atoms with van der Waals surface area (Å²) >= 11 is 0. The summed E-state index contributed by atoms with van der Waals surface area (Å²) in [4.78, 5) is 2.60. The van der Waals surface area contributed by atoms with Crippen molar-refractivity contribution in [2.75, 3.05) is 13.1 Å². The fourth-order valence-corrected chi connectivity index (χ4v) is 1.48. The Balaban J connectivity index is 4.10. The lowest BCUT2D eigenvalue weighted by Crippen LogP contribution is -2.44. The van der Waals surface area contributed by atoms with Crippen LogP contribution in [0.3, 0.4) is 0 Å². The Labute approximate surface area is 84.5 Å². The molecule has 1 nitrogen and oxygen atoms in total. The lowest BCUT2D eigenvalue weighted by atomic mass is 10.0. The first kappa shape index (κ1) is 13.0. The molecule has 0 heterocycles. The predicted octanol–water partition coefficient (Wildman–Crippen LogP) is 3.54. The molecule has 0 saturated carbocycles. The molecule has 0 radical (unpaired) electrons. The molecule has 80 valence electrons. The topological polar surface area (TPSA) is 3.24 Å². The van der Waals surface area contributed by atoms with Gasteiger partial charge >= 0.3 is 0 Å². The highest BCUT2D eigenvalue weighted by atomic mass is 15.2. The molecule has 0 aliphatic rings. The number of nitrogens with zero attached hydrogens (tertiary/aromatic N) is 1. The summed E-state index contributed by atoms with van der Waals surface area (Å²) < 4.78 is 0. The second kappa shape index (κ2) is 5.64. The van der Waals surface area contributed by atoms with Gasteiger partial charge < -0.3 is 0 Å². The number of rotatable bonds is 5. The third kappa shape index (κ3) is 5.30. The zero-order chi connectivity index (χ0) is 10.5. The normalized spacial score (nSPS) is 15.0. The summed E-state index contributed by atoms with van der Waals surface area (Å²) in [6, 6.07) is 0. The van der Waals surface area contributed by atoms with Crippen molar-refractivity contribution < 1.29 is 0 Å². The van der Waals surface area contributed by atoms with Crippen molar-refractivity contribution in [1.82, 2.24) is 4.90 Å². The van der Waals surface area contributed by atoms with E-state index in [2.05, 4.69) is 46.4 Å². The monoisotopic (exact) mass is 185 g/mol. The van der Waals surface area contributed by atoms with Gasteiger partial charge in [0.05, 0.1) is 0 Å². The molecule has 1 atom stereocenters. The Morgan fingerprint density at radius 1 is 1.15 bits per heavy atom. The van der Waals surface area contributed by atoms with Crippen LogP contribution in [-0.4, -0.2) is 23.5 Å². The van der Waals surface area contributed by atoms with Gasteiger partial charge in [0.25, 0.3) is 0 Å². The van der Waals surface area contributed by atoms with Crippen molar-refractivity contribution >= 4 is 0 Å². The average Bonchev–Trinajstić information content (AvgIpc) is 2.01. The van der Waals surface area contributed by atoms with Gasteiger partial charge in [-0.25, -0.2) is 0 Å². The van der Waals surface area contributed by atoms with Crippen molar-refractivity contribution in [3.05, 3.63) is 0 Å². The molecule has 0 aromatic rings. The van der Waals surface area contributed by atoms with Crippen molar-refractivity contribution in [3.8, 4) is 0 Å². The van der Waals surface area contributed by atoms with E-state index in [-0.39, 0.29) is 0 Å². The highest BCUT2D eigenvalue weighted by Gasteiger charge is 2.21. The Morgan fingerprint density at radius 2 is 1.69 bits per heavy atom. The highest BCUT2D eigenvalue weighted by Crippen LogP contribution is 2.16. The SMILES string of the molecule is CCCN(CC(C)CC)C(C)(C)C. The first-order valence-electron chi connectivity index (χ1n) is 5.66. The minimum absolute atomic E-state index is 0.333. The maximum Gasteiger partial charge on any atom is 0.0125 e. The first-order chi connectivity index (χ1) is 5.91. The molecule has 13 heavy (non-hydrogen) atoms. The molecule has 0 aromatic carbocycles. The molecule has 0 aliphatic carbocycles. The van der Waals surface area contributed by atoms with E-state index >= 15 is 0 Å². The summed E-state index contributed by atoms with van der Waals surface area (Å²) in [5.41, 5.74) is 0.333. The lowest BCUT2D eigenvalue weighted by molar-refractivity contribution is 0.116. The highest BCUT2D eigenvalue weighted by molar-refractivity contribution is 4.77. The summed E-state index contributed by atoms with van der Waals surface area (Å²) in [6.07, 6.45) is 2.55. The van der Waals surface area contributed by atoms with Crippen LogP contribution in [0, 0.1) is 5.92 Å². The number of hydrogen-bond donors (Lipinski definition) is 0. The molecule has 0 fully saturated rings. The maximum absolute atomic E-state index is 2.60. The third-order valence-electron chi connectivity index (χ3n) is 2.67. The zero-order valence-electron chi connectivity index (χ0n) is 10.4. The van der Waals surface area contributed by atoms with Gasteiger partial charge in [-0.3, -0.25) is 4.90 Å². The predicted molar refractivity (Wildman–Crippen MR) is 61.1 cm³/mol. The van der Waals surface area contributed by atoms with Crippen molar-refractivity contribution in [1.29, 1.82) is 0 Å². The van der Waals surface area contributed by atoms with Crippen molar-refractivity contribution in [2.24, 2.45) is 5.92 Å². The van der Waals surface area contributed by atoms with E-state index in [0.29, 0.717) is 5.54 Å². The summed E-state index contributed by atoms with van der Waals surface area (Å²) in [5.74, 6) is 0.825. The van der Waals surface area contributed by atoms with Crippen LogP contribution in [0.25, 0.3) is 0 Å². The van der Waals surface area contributed by atoms with E-state index in [4.69, 9.17) is 0 Å². The van der Waals surface area contributed by atoms with Crippen LogP contribution in [-0.2, 0) is 0 Å². The van der Waals surface area contributed by atoms with Gasteiger partial charge in [-0.2, -0.15) is 0 Å². The van der Waals surface area contributed by atoms with Gasteiger partial charge in [0.2, 0.25) is 0 Å². The summed E-state index contributed by atoms with van der Waals surface area (Å²) in [6.45, 7) is 16.3. The van der Waals surface area contributed by atoms with Crippen LogP contribution in [0.1, 0.15) is 54.4 Å². The fourth-order valence-electron chi connectivity index (χ4n) is 1.48. The van der Waals surface area contributed by atoms with E-state index in [0.717, 1.165) is 5.92 Å². The molecule has 0 bridgehead atoms. The largest absolute Gasteiger partial charge is 0.298 e. The Morgan fingerprint density at radius 3 is 2.00 bits per heavy atom. The molecule has 1 heteroatoms. The van der Waals surface area contributed by atoms with Gasteiger partial charge in [0, 0.05) is 12.1 Å². The van der Waals surface area contributed by atoms with Gasteiger partial charge in [-0.05, 0) is 39.7 Å². The molecule has 0 aromatic heterocycles. The van der Waals surface area contributed by atoms with Gasteiger partial charge in [0.15, 0.2) is 0 Å². The minimum atomic E-state index is 0.333. The molecule has 1 unspecified atom stereocenters. The van der Waals surface area contributed by atoms with Crippen molar-refractivity contribution in [2.45, 2.75) is 59.9 Å². The van der Waals surface area contributed by atoms with E-state index in [1.165, 1.54) is 25.9 Å². The molecule has 0 spiro atoms.